The molecular weight excluding hydrogens is 346 g/mol. The number of aromatic nitrogens is 2. The monoisotopic (exact) mass is 373 g/mol. The van der Waals surface area contributed by atoms with Crippen LogP contribution in [-0.2, 0) is 25.3 Å². The van der Waals surface area contributed by atoms with Crippen molar-refractivity contribution in [1.82, 2.24) is 24.3 Å². The van der Waals surface area contributed by atoms with E-state index in [0.29, 0.717) is 26.2 Å². The standard InChI is InChI=1S/C19H27N5O3/c1-13(2)20-18(26)24-9-7-23(8-10-24)17(25)12-14-5-6-15-16(11-14)22(4)19(27)21(15)3/h5-6,11,13H,7-10,12H2,1-4H3,(H,20,26). The lowest BCUT2D eigenvalue weighted by atomic mass is 10.1. The van der Waals surface area contributed by atoms with E-state index in [1.54, 1.807) is 33.0 Å². The fraction of sp³-hybridized carbons (Fsp3) is 0.526. The van der Waals surface area contributed by atoms with Gasteiger partial charge in [-0.15, -0.1) is 0 Å². The summed E-state index contributed by atoms with van der Waals surface area (Å²) < 4.78 is 3.19. The van der Waals surface area contributed by atoms with Crippen LogP contribution in [0.2, 0.25) is 0 Å². The van der Waals surface area contributed by atoms with Crippen LogP contribution < -0.4 is 11.0 Å². The zero-order valence-electron chi connectivity index (χ0n) is 16.4. The zero-order valence-corrected chi connectivity index (χ0v) is 16.4. The molecule has 0 atom stereocenters. The van der Waals surface area contributed by atoms with Gasteiger partial charge in [0.1, 0.15) is 0 Å². The Balaban J connectivity index is 1.63. The van der Waals surface area contributed by atoms with E-state index in [-0.39, 0.29) is 30.1 Å². The van der Waals surface area contributed by atoms with Gasteiger partial charge in [0.15, 0.2) is 0 Å². The highest BCUT2D eigenvalue weighted by Crippen LogP contribution is 2.15. The molecule has 2 aromatic rings. The number of fused-ring (bicyclic) bond motifs is 1. The van der Waals surface area contributed by atoms with Crippen molar-refractivity contribution >= 4 is 23.0 Å². The lowest BCUT2D eigenvalue weighted by Gasteiger charge is -2.35. The number of imidazole rings is 1. The maximum Gasteiger partial charge on any atom is 0.328 e. The van der Waals surface area contributed by atoms with Crippen molar-refractivity contribution in [3.05, 3.63) is 34.2 Å². The molecule has 1 aromatic carbocycles. The highest BCUT2D eigenvalue weighted by atomic mass is 16.2. The number of aryl methyl sites for hydroxylation is 2. The molecule has 146 valence electrons. The smallest absolute Gasteiger partial charge is 0.328 e. The second-order valence-corrected chi connectivity index (χ2v) is 7.37. The van der Waals surface area contributed by atoms with Crippen LogP contribution in [0.25, 0.3) is 11.0 Å². The molecule has 0 spiro atoms. The summed E-state index contributed by atoms with van der Waals surface area (Å²) in [6, 6.07) is 5.70. The predicted molar refractivity (Wildman–Crippen MR) is 104 cm³/mol. The predicted octanol–water partition coefficient (Wildman–Crippen LogP) is 0.682. The van der Waals surface area contributed by atoms with Crippen LogP contribution in [0.15, 0.2) is 23.0 Å². The average molecular weight is 373 g/mol. The van der Waals surface area contributed by atoms with Crippen molar-refractivity contribution < 1.29 is 9.59 Å². The quantitative estimate of drug-likeness (QED) is 0.859. The average Bonchev–Trinajstić information content (AvgIpc) is 2.85. The van der Waals surface area contributed by atoms with E-state index in [9.17, 15) is 14.4 Å². The van der Waals surface area contributed by atoms with Crippen molar-refractivity contribution in [3.8, 4) is 0 Å². The number of piperazine rings is 1. The summed E-state index contributed by atoms with van der Waals surface area (Å²) >= 11 is 0. The van der Waals surface area contributed by atoms with E-state index in [1.165, 1.54) is 0 Å². The summed E-state index contributed by atoms with van der Waals surface area (Å²) in [6.45, 7) is 6.01. The molecule has 0 unspecified atom stereocenters. The van der Waals surface area contributed by atoms with E-state index in [2.05, 4.69) is 5.32 Å². The normalized spacial score (nSPS) is 14.9. The summed E-state index contributed by atoms with van der Waals surface area (Å²) in [4.78, 5) is 40.3. The molecule has 8 heteroatoms. The van der Waals surface area contributed by atoms with Gasteiger partial charge in [0, 0.05) is 46.3 Å². The molecule has 1 fully saturated rings. The topological polar surface area (TPSA) is 79.6 Å². The number of urea groups is 1. The number of nitrogens with one attached hydrogen (secondary N) is 1. The van der Waals surface area contributed by atoms with Gasteiger partial charge < -0.3 is 15.1 Å². The van der Waals surface area contributed by atoms with Crippen LogP contribution in [0.3, 0.4) is 0 Å². The maximum absolute atomic E-state index is 12.6. The Hall–Kier alpha value is -2.77. The third-order valence-electron chi connectivity index (χ3n) is 5.02. The lowest BCUT2D eigenvalue weighted by molar-refractivity contribution is -0.131. The summed E-state index contributed by atoms with van der Waals surface area (Å²) in [5.74, 6) is 0.0409. The maximum atomic E-state index is 12.6. The van der Waals surface area contributed by atoms with Gasteiger partial charge >= 0.3 is 11.7 Å². The molecule has 1 aromatic heterocycles. The molecule has 1 aliphatic rings. The fourth-order valence-corrected chi connectivity index (χ4v) is 3.45. The molecule has 3 rings (SSSR count). The zero-order chi connectivity index (χ0) is 19.7. The van der Waals surface area contributed by atoms with Crippen LogP contribution in [0.4, 0.5) is 4.79 Å². The number of hydrogen-bond acceptors (Lipinski definition) is 3. The molecule has 0 saturated carbocycles. The fourth-order valence-electron chi connectivity index (χ4n) is 3.45. The highest BCUT2D eigenvalue weighted by molar-refractivity contribution is 5.82. The summed E-state index contributed by atoms with van der Waals surface area (Å²) in [5.41, 5.74) is 2.48. The van der Waals surface area contributed by atoms with Crippen LogP contribution in [-0.4, -0.2) is 63.1 Å². The molecule has 0 aliphatic carbocycles. The van der Waals surface area contributed by atoms with Gasteiger partial charge in [-0.05, 0) is 31.5 Å². The molecule has 2 heterocycles. The minimum absolute atomic E-state index is 0.0409. The Morgan fingerprint density at radius 3 is 2.22 bits per heavy atom. The van der Waals surface area contributed by atoms with E-state index in [0.717, 1.165) is 16.6 Å². The Morgan fingerprint density at radius 1 is 1.00 bits per heavy atom. The molecule has 27 heavy (non-hydrogen) atoms. The molecular formula is C19H27N5O3. The third kappa shape index (κ3) is 3.84. The van der Waals surface area contributed by atoms with Crippen molar-refractivity contribution in [3.63, 3.8) is 0 Å². The Morgan fingerprint density at radius 2 is 1.59 bits per heavy atom. The van der Waals surface area contributed by atoms with Gasteiger partial charge in [0.05, 0.1) is 17.5 Å². The van der Waals surface area contributed by atoms with Crippen molar-refractivity contribution in [2.24, 2.45) is 14.1 Å². The minimum atomic E-state index is -0.0794. The lowest BCUT2D eigenvalue weighted by Crippen LogP contribution is -2.54. The van der Waals surface area contributed by atoms with E-state index in [4.69, 9.17) is 0 Å². The Labute approximate surface area is 158 Å². The van der Waals surface area contributed by atoms with Gasteiger partial charge in [0.2, 0.25) is 5.91 Å². The summed E-state index contributed by atoms with van der Waals surface area (Å²) in [6.07, 6.45) is 0.289. The van der Waals surface area contributed by atoms with Gasteiger partial charge in [-0.1, -0.05) is 6.07 Å². The molecule has 1 aliphatic heterocycles. The van der Waals surface area contributed by atoms with Crippen LogP contribution in [0, 0.1) is 0 Å². The molecule has 1 saturated heterocycles. The van der Waals surface area contributed by atoms with E-state index >= 15 is 0 Å². The molecule has 8 nitrogen and oxygen atoms in total. The number of benzene rings is 1. The first-order valence-electron chi connectivity index (χ1n) is 9.25. The van der Waals surface area contributed by atoms with Crippen LogP contribution in [0.5, 0.6) is 0 Å². The SMILES string of the molecule is CC(C)NC(=O)N1CCN(C(=O)Cc2ccc3c(c2)n(C)c(=O)n3C)CC1. The van der Waals surface area contributed by atoms with Gasteiger partial charge in [-0.25, -0.2) is 9.59 Å². The summed E-state index contributed by atoms with van der Waals surface area (Å²) in [5, 5.41) is 2.88. The first-order valence-corrected chi connectivity index (χ1v) is 9.25. The van der Waals surface area contributed by atoms with Gasteiger partial charge in [-0.3, -0.25) is 13.9 Å². The Bertz CT molecular complexity index is 919. The molecule has 1 N–H and O–H groups in total. The minimum Gasteiger partial charge on any atom is -0.339 e. The first kappa shape index (κ1) is 19.0. The van der Waals surface area contributed by atoms with Crippen molar-refractivity contribution in [2.75, 3.05) is 26.2 Å². The Kier molecular flexibility index (Phi) is 5.25. The second kappa shape index (κ2) is 7.46. The van der Waals surface area contributed by atoms with Crippen molar-refractivity contribution in [1.29, 1.82) is 0 Å². The number of carbonyl (C=O) groups is 2. The van der Waals surface area contributed by atoms with E-state index < -0.39 is 0 Å². The van der Waals surface area contributed by atoms with Crippen LogP contribution in [0.1, 0.15) is 19.4 Å². The second-order valence-electron chi connectivity index (χ2n) is 7.37. The largest absolute Gasteiger partial charge is 0.339 e. The number of carbonyl (C=O) groups excluding carboxylic acids is 2. The number of amides is 3. The van der Waals surface area contributed by atoms with Crippen molar-refractivity contribution in [2.45, 2.75) is 26.3 Å². The van der Waals surface area contributed by atoms with Crippen LogP contribution >= 0.6 is 0 Å². The highest BCUT2D eigenvalue weighted by Gasteiger charge is 2.24. The number of nitrogens with zero attached hydrogens (tertiary/aromatic N) is 4. The van der Waals surface area contributed by atoms with E-state index in [1.807, 2.05) is 32.0 Å². The van der Waals surface area contributed by atoms with Gasteiger partial charge in [-0.2, -0.15) is 0 Å². The molecule has 0 bridgehead atoms. The van der Waals surface area contributed by atoms with Gasteiger partial charge in [0.25, 0.3) is 0 Å². The third-order valence-corrected chi connectivity index (χ3v) is 5.02. The molecule has 0 radical (unpaired) electrons. The summed E-state index contributed by atoms with van der Waals surface area (Å²) in [7, 11) is 3.47. The molecule has 3 amide bonds. The number of hydrogen-bond donors (Lipinski definition) is 1. The first-order chi connectivity index (χ1) is 12.8. The number of rotatable bonds is 3.